The van der Waals surface area contributed by atoms with Gasteiger partial charge in [0.25, 0.3) is 0 Å². The fraction of sp³-hybridized carbons (Fsp3) is 0.217. The standard InChI is InChI=1S/C23H22ClFN6OS/c1-13(32)31(2)15-10-19(24)22(27-11-15)29-30-23(33)28-21-17-4-3-5-20(25)16(17)7-6-14-8-9-26-12-18(14)21/h3-5,8-12,21H,6-7H2,1-2H3,(H,27,29)(H2,28,30,33). The summed E-state index contributed by atoms with van der Waals surface area (Å²) in [5.74, 6) is -0.0217. The smallest absolute Gasteiger partial charge is 0.223 e. The van der Waals surface area contributed by atoms with Gasteiger partial charge in [-0.05, 0) is 59.9 Å². The van der Waals surface area contributed by atoms with Crippen LogP contribution in [0.25, 0.3) is 0 Å². The van der Waals surface area contributed by atoms with Gasteiger partial charge >= 0.3 is 0 Å². The van der Waals surface area contributed by atoms with Crippen LogP contribution in [-0.2, 0) is 17.6 Å². The number of hydrogen-bond donors (Lipinski definition) is 3. The Morgan fingerprint density at radius 2 is 2.06 bits per heavy atom. The summed E-state index contributed by atoms with van der Waals surface area (Å²) in [5, 5.41) is 3.85. The zero-order valence-electron chi connectivity index (χ0n) is 18.0. The van der Waals surface area contributed by atoms with E-state index >= 15 is 0 Å². The molecule has 3 aromatic rings. The number of carbonyl (C=O) groups excluding carboxylic acids is 1. The molecule has 0 radical (unpaired) electrons. The van der Waals surface area contributed by atoms with Crippen molar-refractivity contribution in [1.82, 2.24) is 20.7 Å². The summed E-state index contributed by atoms with van der Waals surface area (Å²) in [6, 6.07) is 8.27. The zero-order valence-corrected chi connectivity index (χ0v) is 19.6. The third-order valence-electron chi connectivity index (χ3n) is 5.62. The molecular formula is C23H22ClFN6OS. The highest BCUT2D eigenvalue weighted by Gasteiger charge is 2.26. The van der Waals surface area contributed by atoms with Gasteiger partial charge < -0.3 is 10.2 Å². The lowest BCUT2D eigenvalue weighted by atomic mass is 9.96. The van der Waals surface area contributed by atoms with Crippen LogP contribution < -0.4 is 21.1 Å². The van der Waals surface area contributed by atoms with Crippen LogP contribution in [0.2, 0.25) is 5.02 Å². The number of thiocarbonyl (C=S) groups is 1. The first-order valence-electron chi connectivity index (χ1n) is 10.3. The number of nitrogens with zero attached hydrogens (tertiary/aromatic N) is 3. The Hall–Kier alpha value is -3.30. The Balaban J connectivity index is 1.52. The maximum atomic E-state index is 14.6. The van der Waals surface area contributed by atoms with E-state index in [4.69, 9.17) is 23.8 Å². The van der Waals surface area contributed by atoms with Gasteiger partial charge in [-0.3, -0.25) is 20.6 Å². The number of aromatic nitrogens is 2. The number of rotatable bonds is 4. The average Bonchev–Trinajstić information content (AvgIpc) is 2.96. The van der Waals surface area contributed by atoms with E-state index in [-0.39, 0.29) is 22.9 Å². The van der Waals surface area contributed by atoms with E-state index in [1.807, 2.05) is 12.1 Å². The predicted octanol–water partition coefficient (Wildman–Crippen LogP) is 3.93. The fourth-order valence-electron chi connectivity index (χ4n) is 3.78. The number of hydrazine groups is 1. The molecule has 1 aromatic carbocycles. The molecule has 0 aliphatic heterocycles. The number of pyridine rings is 2. The van der Waals surface area contributed by atoms with Crippen molar-refractivity contribution >= 4 is 46.3 Å². The topological polar surface area (TPSA) is 82.2 Å². The summed E-state index contributed by atoms with van der Waals surface area (Å²) in [6.07, 6.45) is 6.35. The van der Waals surface area contributed by atoms with Gasteiger partial charge in [0.05, 0.1) is 22.9 Å². The highest BCUT2D eigenvalue weighted by molar-refractivity contribution is 7.80. The molecule has 0 fully saturated rings. The van der Waals surface area contributed by atoms with Crippen LogP contribution in [0.15, 0.2) is 48.9 Å². The van der Waals surface area contributed by atoms with Crippen molar-refractivity contribution in [2.75, 3.05) is 17.4 Å². The van der Waals surface area contributed by atoms with Gasteiger partial charge in [0.2, 0.25) is 5.91 Å². The van der Waals surface area contributed by atoms with Gasteiger partial charge in [0.15, 0.2) is 10.9 Å². The van der Waals surface area contributed by atoms with Crippen molar-refractivity contribution in [2.45, 2.75) is 25.8 Å². The molecule has 170 valence electrons. The Labute approximate surface area is 201 Å². The average molecular weight is 485 g/mol. The van der Waals surface area contributed by atoms with Crippen LogP contribution in [0.1, 0.15) is 35.2 Å². The summed E-state index contributed by atoms with van der Waals surface area (Å²) < 4.78 is 14.6. The molecule has 2 heterocycles. The van der Waals surface area contributed by atoms with Gasteiger partial charge in [-0.2, -0.15) is 0 Å². The molecule has 1 amide bonds. The molecule has 3 N–H and O–H groups in total. The van der Waals surface area contributed by atoms with Crippen molar-refractivity contribution in [3.63, 3.8) is 0 Å². The van der Waals surface area contributed by atoms with Gasteiger partial charge in [0, 0.05) is 31.9 Å². The molecule has 0 spiro atoms. The molecule has 2 aromatic heterocycles. The SMILES string of the molecule is CC(=O)N(C)c1cnc(NNC(=S)NC2c3cnccc3CCc3c(F)cccc32)c(Cl)c1. The monoisotopic (exact) mass is 484 g/mol. The maximum absolute atomic E-state index is 14.6. The first-order chi connectivity index (χ1) is 15.8. The highest BCUT2D eigenvalue weighted by Crippen LogP contribution is 2.33. The second-order valence-electron chi connectivity index (χ2n) is 7.64. The van der Waals surface area contributed by atoms with Gasteiger partial charge in [-0.15, -0.1) is 0 Å². The summed E-state index contributed by atoms with van der Waals surface area (Å²) in [4.78, 5) is 21.5. The number of halogens is 2. The number of hydrogen-bond acceptors (Lipinski definition) is 5. The Morgan fingerprint density at radius 3 is 2.82 bits per heavy atom. The van der Waals surface area contributed by atoms with E-state index in [1.165, 1.54) is 24.1 Å². The van der Waals surface area contributed by atoms with Gasteiger partial charge in [0.1, 0.15) is 5.82 Å². The van der Waals surface area contributed by atoms with Crippen LogP contribution in [0.5, 0.6) is 0 Å². The van der Waals surface area contributed by atoms with Crippen molar-refractivity contribution < 1.29 is 9.18 Å². The summed E-state index contributed by atoms with van der Waals surface area (Å²) >= 11 is 11.8. The normalized spacial score (nSPS) is 14.4. The molecule has 0 bridgehead atoms. The number of anilines is 2. The molecule has 1 atom stereocenters. The number of carbonyl (C=O) groups is 1. The van der Waals surface area contributed by atoms with Crippen molar-refractivity contribution in [3.05, 3.63) is 82.0 Å². The molecule has 1 aliphatic carbocycles. The molecule has 33 heavy (non-hydrogen) atoms. The molecule has 1 unspecified atom stereocenters. The van der Waals surface area contributed by atoms with E-state index < -0.39 is 0 Å². The van der Waals surface area contributed by atoms with Crippen LogP contribution >= 0.6 is 23.8 Å². The Kier molecular flexibility index (Phi) is 6.71. The first-order valence-corrected chi connectivity index (χ1v) is 11.1. The van der Waals surface area contributed by atoms with E-state index in [1.54, 1.807) is 31.6 Å². The second-order valence-corrected chi connectivity index (χ2v) is 8.46. The molecule has 4 rings (SSSR count). The minimum absolute atomic E-state index is 0.132. The predicted molar refractivity (Wildman–Crippen MR) is 131 cm³/mol. The van der Waals surface area contributed by atoms with Crippen LogP contribution in [0.3, 0.4) is 0 Å². The summed E-state index contributed by atoms with van der Waals surface area (Å²) in [6.45, 7) is 1.46. The second kappa shape index (κ2) is 9.68. The number of fused-ring (bicyclic) bond motifs is 2. The van der Waals surface area contributed by atoms with Gasteiger partial charge in [-0.1, -0.05) is 23.7 Å². The quantitative estimate of drug-likeness (QED) is 0.382. The van der Waals surface area contributed by atoms with Crippen LogP contribution in [0, 0.1) is 5.82 Å². The van der Waals surface area contributed by atoms with E-state index in [9.17, 15) is 9.18 Å². The first kappa shape index (κ1) is 22.9. The maximum Gasteiger partial charge on any atom is 0.223 e. The third-order valence-corrected chi connectivity index (χ3v) is 6.13. The minimum atomic E-state index is -0.376. The molecule has 10 heteroatoms. The number of benzene rings is 1. The zero-order chi connectivity index (χ0) is 23.5. The van der Waals surface area contributed by atoms with E-state index in [0.29, 0.717) is 34.9 Å². The fourth-order valence-corrected chi connectivity index (χ4v) is 4.16. The largest absolute Gasteiger partial charge is 0.350 e. The van der Waals surface area contributed by atoms with Crippen molar-refractivity contribution in [2.24, 2.45) is 0 Å². The van der Waals surface area contributed by atoms with E-state index in [0.717, 1.165) is 16.7 Å². The molecular weight excluding hydrogens is 463 g/mol. The summed E-state index contributed by atoms with van der Waals surface area (Å²) in [5.41, 5.74) is 9.85. The third kappa shape index (κ3) is 4.89. The van der Waals surface area contributed by atoms with Crippen LogP contribution in [-0.4, -0.2) is 28.0 Å². The number of amides is 1. The Morgan fingerprint density at radius 1 is 1.24 bits per heavy atom. The lowest BCUT2D eigenvalue weighted by Gasteiger charge is -2.24. The summed E-state index contributed by atoms with van der Waals surface area (Å²) in [7, 11) is 1.64. The van der Waals surface area contributed by atoms with Crippen molar-refractivity contribution in [1.29, 1.82) is 0 Å². The number of aryl methyl sites for hydroxylation is 1. The molecule has 0 saturated carbocycles. The number of nitrogens with one attached hydrogen (secondary N) is 3. The van der Waals surface area contributed by atoms with E-state index in [2.05, 4.69) is 26.1 Å². The van der Waals surface area contributed by atoms with Gasteiger partial charge in [-0.25, -0.2) is 9.37 Å². The minimum Gasteiger partial charge on any atom is -0.350 e. The van der Waals surface area contributed by atoms with Crippen LogP contribution in [0.4, 0.5) is 15.9 Å². The van der Waals surface area contributed by atoms with Crippen molar-refractivity contribution in [3.8, 4) is 0 Å². The Bertz CT molecular complexity index is 1220. The lowest BCUT2D eigenvalue weighted by molar-refractivity contribution is -0.116. The molecule has 1 aliphatic rings. The molecule has 0 saturated heterocycles. The highest BCUT2D eigenvalue weighted by atomic mass is 35.5. The molecule has 7 nitrogen and oxygen atoms in total. The lowest BCUT2D eigenvalue weighted by Crippen LogP contribution is -2.41.